The number of alkyl halides is 2. The average Bonchev–Trinajstić information content (AvgIpc) is 2.29. The lowest BCUT2D eigenvalue weighted by Crippen LogP contribution is -2.41. The molecule has 1 rings (SSSR count). The van der Waals surface area contributed by atoms with Crippen molar-refractivity contribution in [2.45, 2.75) is 18.9 Å². The Morgan fingerprint density at radius 3 is 2.56 bits per heavy atom. The molecule has 0 radical (unpaired) electrons. The van der Waals surface area contributed by atoms with Crippen molar-refractivity contribution in [1.29, 1.82) is 0 Å². The van der Waals surface area contributed by atoms with Crippen molar-refractivity contribution in [3.05, 3.63) is 34.9 Å². The topological polar surface area (TPSA) is 52.3 Å². The summed E-state index contributed by atoms with van der Waals surface area (Å²) in [5, 5.41) is 0.0870. The molecule has 1 atom stereocenters. The van der Waals surface area contributed by atoms with E-state index in [1.807, 2.05) is 0 Å². The lowest BCUT2D eigenvalue weighted by Gasteiger charge is -2.22. The number of carbonyl (C=O) groups is 1. The number of rotatable bonds is 4. The Bertz CT molecular complexity index is 416. The summed E-state index contributed by atoms with van der Waals surface area (Å²) in [6.45, 7) is 1.30. The van der Waals surface area contributed by atoms with Gasteiger partial charge in [0, 0.05) is 5.02 Å². The van der Waals surface area contributed by atoms with Crippen LogP contribution in [0.1, 0.15) is 18.5 Å². The van der Waals surface area contributed by atoms with Gasteiger partial charge in [-0.2, -0.15) is 8.78 Å². The maximum atomic E-state index is 13.6. The van der Waals surface area contributed by atoms with Crippen molar-refractivity contribution in [2.75, 3.05) is 6.61 Å². The fourth-order valence-electron chi connectivity index (χ4n) is 1.28. The summed E-state index contributed by atoms with van der Waals surface area (Å²) < 4.78 is 31.5. The van der Waals surface area contributed by atoms with Gasteiger partial charge in [-0.05, 0) is 18.6 Å². The average molecular weight is 300 g/mol. The molecule has 0 aliphatic heterocycles. The lowest BCUT2D eigenvalue weighted by atomic mass is 10.0. The van der Waals surface area contributed by atoms with Crippen LogP contribution in [-0.2, 0) is 9.53 Å². The van der Waals surface area contributed by atoms with Crippen LogP contribution in [0.5, 0.6) is 0 Å². The van der Waals surface area contributed by atoms with Crippen LogP contribution in [0.2, 0.25) is 5.02 Å². The molecule has 0 saturated heterocycles. The van der Waals surface area contributed by atoms with Crippen molar-refractivity contribution < 1.29 is 18.3 Å². The van der Waals surface area contributed by atoms with Gasteiger partial charge in [0.25, 0.3) is 0 Å². The molecule has 0 heterocycles. The van der Waals surface area contributed by atoms with Crippen molar-refractivity contribution in [1.82, 2.24) is 0 Å². The number of halogens is 4. The maximum absolute atomic E-state index is 13.6. The lowest BCUT2D eigenvalue weighted by molar-refractivity contribution is -0.174. The van der Waals surface area contributed by atoms with Crippen molar-refractivity contribution in [3.63, 3.8) is 0 Å². The Kier molecular flexibility index (Phi) is 6.52. The van der Waals surface area contributed by atoms with Gasteiger partial charge in [0.05, 0.1) is 6.61 Å². The van der Waals surface area contributed by atoms with E-state index in [1.165, 1.54) is 25.1 Å². The van der Waals surface area contributed by atoms with E-state index in [1.54, 1.807) is 6.07 Å². The Labute approximate surface area is 115 Å². The van der Waals surface area contributed by atoms with E-state index < -0.39 is 17.9 Å². The molecule has 0 spiro atoms. The van der Waals surface area contributed by atoms with Crippen LogP contribution in [0.4, 0.5) is 8.78 Å². The van der Waals surface area contributed by atoms with Crippen molar-refractivity contribution >= 4 is 30.0 Å². The van der Waals surface area contributed by atoms with E-state index in [9.17, 15) is 13.6 Å². The molecule has 0 fully saturated rings. The fraction of sp³-hybridized carbons (Fsp3) is 0.364. The van der Waals surface area contributed by atoms with Crippen molar-refractivity contribution in [3.8, 4) is 0 Å². The Morgan fingerprint density at radius 1 is 1.50 bits per heavy atom. The summed E-state index contributed by atoms with van der Waals surface area (Å²) >= 11 is 5.74. The Morgan fingerprint density at radius 2 is 2.06 bits per heavy atom. The minimum absolute atomic E-state index is 0. The number of esters is 1. The van der Waals surface area contributed by atoms with Gasteiger partial charge in [-0.25, -0.2) is 4.79 Å². The zero-order valence-corrected chi connectivity index (χ0v) is 11.1. The van der Waals surface area contributed by atoms with E-state index in [0.29, 0.717) is 0 Å². The van der Waals surface area contributed by atoms with Gasteiger partial charge in [-0.1, -0.05) is 29.8 Å². The van der Waals surface area contributed by atoms with E-state index in [4.69, 9.17) is 17.3 Å². The summed E-state index contributed by atoms with van der Waals surface area (Å²) in [6, 6.07) is 4.05. The largest absolute Gasteiger partial charge is 0.462 e. The van der Waals surface area contributed by atoms with Crippen LogP contribution in [0.3, 0.4) is 0 Å². The monoisotopic (exact) mass is 299 g/mol. The number of hydrogen-bond donors (Lipinski definition) is 1. The molecule has 0 unspecified atom stereocenters. The number of benzene rings is 1. The second-order valence-electron chi connectivity index (χ2n) is 3.34. The van der Waals surface area contributed by atoms with Crippen molar-refractivity contribution in [2.24, 2.45) is 5.73 Å². The zero-order chi connectivity index (χ0) is 13.1. The van der Waals surface area contributed by atoms with E-state index in [0.717, 1.165) is 0 Å². The number of ether oxygens (including phenoxy) is 1. The molecular formula is C11H13Cl2F2NO2. The highest BCUT2D eigenvalue weighted by Gasteiger charge is 2.48. The summed E-state index contributed by atoms with van der Waals surface area (Å²) in [4.78, 5) is 11.1. The molecule has 0 aliphatic carbocycles. The maximum Gasteiger partial charge on any atom is 0.379 e. The highest BCUT2D eigenvalue weighted by Crippen LogP contribution is 2.33. The highest BCUT2D eigenvalue weighted by atomic mass is 35.5. The van der Waals surface area contributed by atoms with Gasteiger partial charge in [-0.15, -0.1) is 12.4 Å². The second kappa shape index (κ2) is 6.87. The van der Waals surface area contributed by atoms with E-state index >= 15 is 0 Å². The van der Waals surface area contributed by atoms with Crippen LogP contribution >= 0.6 is 24.0 Å². The summed E-state index contributed by atoms with van der Waals surface area (Å²) in [6.07, 6.45) is 0. The highest BCUT2D eigenvalue weighted by molar-refractivity contribution is 6.31. The molecule has 7 heteroatoms. The Hall–Kier alpha value is -0.910. The summed E-state index contributed by atoms with van der Waals surface area (Å²) in [5.74, 6) is -5.45. The quantitative estimate of drug-likeness (QED) is 0.870. The first kappa shape index (κ1) is 17.1. The fourth-order valence-corrected chi connectivity index (χ4v) is 1.53. The third-order valence-electron chi connectivity index (χ3n) is 2.18. The minimum Gasteiger partial charge on any atom is -0.462 e. The number of nitrogens with two attached hydrogens (primary N) is 1. The molecule has 0 aliphatic rings. The minimum atomic E-state index is -3.80. The first-order chi connectivity index (χ1) is 7.91. The number of hydrogen-bond acceptors (Lipinski definition) is 3. The number of carbonyl (C=O) groups excluding carboxylic acids is 1. The van der Waals surface area contributed by atoms with Gasteiger partial charge >= 0.3 is 11.9 Å². The van der Waals surface area contributed by atoms with Gasteiger partial charge in [-0.3, -0.25) is 0 Å². The van der Waals surface area contributed by atoms with Gasteiger partial charge in [0.15, 0.2) is 0 Å². The molecule has 0 saturated carbocycles. The molecule has 1 aromatic rings. The Balaban J connectivity index is 0.00000289. The molecule has 102 valence electrons. The standard InChI is InChI=1S/C11H12ClF2NO2.ClH/c1-2-17-10(16)11(13,14)9(15)7-5-3-4-6-8(7)12;/h3-6,9H,2,15H2,1H3;1H/t9-;/m0./s1. The zero-order valence-electron chi connectivity index (χ0n) is 9.53. The molecule has 1 aromatic carbocycles. The van der Waals surface area contributed by atoms with E-state index in [2.05, 4.69) is 4.74 Å². The van der Waals surface area contributed by atoms with Gasteiger partial charge in [0.2, 0.25) is 0 Å². The summed E-state index contributed by atoms with van der Waals surface area (Å²) in [7, 11) is 0. The molecule has 3 nitrogen and oxygen atoms in total. The predicted molar refractivity (Wildman–Crippen MR) is 67.2 cm³/mol. The normalized spacial score (nSPS) is 12.5. The van der Waals surface area contributed by atoms with Crippen LogP contribution < -0.4 is 5.73 Å². The molecular weight excluding hydrogens is 287 g/mol. The third-order valence-corrected chi connectivity index (χ3v) is 2.52. The summed E-state index contributed by atoms with van der Waals surface area (Å²) in [5.41, 5.74) is 5.38. The van der Waals surface area contributed by atoms with Crippen LogP contribution in [-0.4, -0.2) is 18.5 Å². The van der Waals surface area contributed by atoms with Crippen LogP contribution in [0, 0.1) is 0 Å². The van der Waals surface area contributed by atoms with Crippen LogP contribution in [0.25, 0.3) is 0 Å². The second-order valence-corrected chi connectivity index (χ2v) is 3.75. The molecule has 18 heavy (non-hydrogen) atoms. The predicted octanol–water partition coefficient (Wildman–Crippen LogP) is 2.96. The smallest absolute Gasteiger partial charge is 0.379 e. The molecule has 0 bridgehead atoms. The molecule has 0 aromatic heterocycles. The SMILES string of the molecule is CCOC(=O)C(F)(F)[C@@H](N)c1ccccc1Cl.Cl. The first-order valence-electron chi connectivity index (χ1n) is 4.96. The van der Waals surface area contributed by atoms with E-state index in [-0.39, 0.29) is 29.6 Å². The van der Waals surface area contributed by atoms with Crippen LogP contribution in [0.15, 0.2) is 24.3 Å². The van der Waals surface area contributed by atoms with Gasteiger partial charge < -0.3 is 10.5 Å². The molecule has 0 amide bonds. The molecule has 2 N–H and O–H groups in total. The third kappa shape index (κ3) is 3.54. The first-order valence-corrected chi connectivity index (χ1v) is 5.34. The van der Waals surface area contributed by atoms with Gasteiger partial charge in [0.1, 0.15) is 6.04 Å².